The average molecular weight is 211 g/mol. The number of ether oxygens (including phenoxy) is 1. The molecule has 0 fully saturated rings. The lowest BCUT2D eigenvalue weighted by Gasteiger charge is -2.20. The zero-order valence-electron chi connectivity index (χ0n) is 9.50. The second-order valence-corrected chi connectivity index (χ2v) is 3.92. The average Bonchev–Trinajstić information content (AvgIpc) is 2.20. The van der Waals surface area contributed by atoms with Crippen molar-refractivity contribution in [2.75, 3.05) is 0 Å². The van der Waals surface area contributed by atoms with Crippen molar-refractivity contribution >= 4 is 6.41 Å². The van der Waals surface area contributed by atoms with Crippen molar-refractivity contribution in [1.82, 2.24) is 5.32 Å². The third-order valence-electron chi connectivity index (χ3n) is 2.67. The molecule has 0 saturated heterocycles. The Bertz CT molecular complexity index is 214. The molecule has 1 N–H and O–H groups in total. The van der Waals surface area contributed by atoms with E-state index in [1.165, 1.54) is 25.7 Å². The van der Waals surface area contributed by atoms with Gasteiger partial charge in [-0.25, -0.2) is 0 Å². The molecule has 1 unspecified atom stereocenters. The van der Waals surface area contributed by atoms with Crippen molar-refractivity contribution in [2.24, 2.45) is 0 Å². The highest BCUT2D eigenvalue weighted by Crippen LogP contribution is 2.19. The maximum atomic E-state index is 10.3. The van der Waals surface area contributed by atoms with Gasteiger partial charge in [0.05, 0.1) is 5.76 Å². The van der Waals surface area contributed by atoms with Crippen LogP contribution in [0.25, 0.3) is 0 Å². The van der Waals surface area contributed by atoms with E-state index in [4.69, 9.17) is 4.74 Å². The van der Waals surface area contributed by atoms with Gasteiger partial charge in [0.2, 0.25) is 6.41 Å². The largest absolute Gasteiger partial charge is 0.475 e. The lowest BCUT2D eigenvalue weighted by atomic mass is 10.1. The highest BCUT2D eigenvalue weighted by atomic mass is 16.5. The maximum absolute atomic E-state index is 10.3. The molecule has 0 aromatic carbocycles. The topological polar surface area (TPSA) is 38.3 Å². The van der Waals surface area contributed by atoms with E-state index in [-0.39, 0.29) is 6.23 Å². The van der Waals surface area contributed by atoms with Crippen LogP contribution in [-0.2, 0) is 9.53 Å². The van der Waals surface area contributed by atoms with E-state index < -0.39 is 0 Å². The molecule has 1 aliphatic rings. The predicted octanol–water partition coefficient (Wildman–Crippen LogP) is 2.72. The molecule has 0 aromatic rings. The molecule has 0 aliphatic heterocycles. The van der Waals surface area contributed by atoms with Gasteiger partial charge in [0.1, 0.15) is 0 Å². The number of allylic oxidation sites excluding steroid dienone is 2. The van der Waals surface area contributed by atoms with Gasteiger partial charge in [0.25, 0.3) is 0 Å². The van der Waals surface area contributed by atoms with Crippen LogP contribution in [0.2, 0.25) is 0 Å². The molecule has 1 atom stereocenters. The summed E-state index contributed by atoms with van der Waals surface area (Å²) in [5.41, 5.74) is 0. The summed E-state index contributed by atoms with van der Waals surface area (Å²) < 4.78 is 5.74. The van der Waals surface area contributed by atoms with Crippen LogP contribution in [0.15, 0.2) is 11.8 Å². The van der Waals surface area contributed by atoms with Gasteiger partial charge in [-0.2, -0.15) is 0 Å². The summed E-state index contributed by atoms with van der Waals surface area (Å²) in [6.07, 6.45) is 10.7. The van der Waals surface area contributed by atoms with Crippen LogP contribution < -0.4 is 5.32 Å². The van der Waals surface area contributed by atoms with E-state index >= 15 is 0 Å². The number of hydrogen-bond donors (Lipinski definition) is 1. The van der Waals surface area contributed by atoms with E-state index in [0.29, 0.717) is 6.41 Å². The van der Waals surface area contributed by atoms with Crippen LogP contribution in [-0.4, -0.2) is 12.6 Å². The number of rotatable bonds is 5. The monoisotopic (exact) mass is 211 g/mol. The van der Waals surface area contributed by atoms with Crippen LogP contribution in [0.4, 0.5) is 0 Å². The first-order chi connectivity index (χ1) is 7.36. The van der Waals surface area contributed by atoms with Crippen molar-refractivity contribution in [2.45, 2.75) is 58.1 Å². The van der Waals surface area contributed by atoms with Gasteiger partial charge in [-0.1, -0.05) is 19.8 Å². The smallest absolute Gasteiger partial charge is 0.209 e. The lowest BCUT2D eigenvalue weighted by molar-refractivity contribution is -0.112. The van der Waals surface area contributed by atoms with Crippen molar-refractivity contribution in [1.29, 1.82) is 0 Å². The molecule has 1 rings (SSSR count). The van der Waals surface area contributed by atoms with E-state index in [2.05, 4.69) is 11.4 Å². The van der Waals surface area contributed by atoms with Gasteiger partial charge >= 0.3 is 0 Å². The molecule has 3 nitrogen and oxygen atoms in total. The van der Waals surface area contributed by atoms with Gasteiger partial charge in [0.15, 0.2) is 6.23 Å². The van der Waals surface area contributed by atoms with Crippen LogP contribution in [0.1, 0.15) is 51.9 Å². The Balaban J connectivity index is 2.41. The Morgan fingerprint density at radius 1 is 1.47 bits per heavy atom. The summed E-state index contributed by atoms with van der Waals surface area (Å²) in [6, 6.07) is 0. The van der Waals surface area contributed by atoms with E-state index in [9.17, 15) is 4.79 Å². The molecule has 0 spiro atoms. The van der Waals surface area contributed by atoms with Gasteiger partial charge in [0, 0.05) is 12.8 Å². The Hall–Kier alpha value is -0.990. The first-order valence-electron chi connectivity index (χ1n) is 5.92. The fourth-order valence-corrected chi connectivity index (χ4v) is 1.76. The SMILES string of the molecule is CCC(NC=O)OC1=CCCCCCC1. The maximum Gasteiger partial charge on any atom is 0.209 e. The Kier molecular flexibility index (Phi) is 5.90. The molecular weight excluding hydrogens is 190 g/mol. The first kappa shape index (κ1) is 12.1. The summed E-state index contributed by atoms with van der Waals surface area (Å²) in [5, 5.41) is 2.67. The predicted molar refractivity (Wildman–Crippen MR) is 60.1 cm³/mol. The van der Waals surface area contributed by atoms with Gasteiger partial charge < -0.3 is 10.1 Å². The first-order valence-corrected chi connectivity index (χ1v) is 5.92. The summed E-state index contributed by atoms with van der Waals surface area (Å²) in [6.45, 7) is 2.00. The summed E-state index contributed by atoms with van der Waals surface area (Å²) >= 11 is 0. The van der Waals surface area contributed by atoms with Crippen molar-refractivity contribution in [3.63, 3.8) is 0 Å². The minimum absolute atomic E-state index is 0.159. The number of carbonyl (C=O) groups is 1. The van der Waals surface area contributed by atoms with E-state index in [0.717, 1.165) is 25.0 Å². The lowest BCUT2D eigenvalue weighted by Crippen LogP contribution is -2.29. The van der Waals surface area contributed by atoms with Gasteiger partial charge in [-0.15, -0.1) is 0 Å². The van der Waals surface area contributed by atoms with Crippen LogP contribution >= 0.6 is 0 Å². The molecule has 1 aliphatic carbocycles. The summed E-state index contributed by atoms with van der Waals surface area (Å²) in [5.74, 6) is 1.05. The van der Waals surface area contributed by atoms with E-state index in [1.807, 2.05) is 6.92 Å². The summed E-state index contributed by atoms with van der Waals surface area (Å²) in [4.78, 5) is 10.3. The Labute approximate surface area is 91.9 Å². The minimum Gasteiger partial charge on any atom is -0.475 e. The fourth-order valence-electron chi connectivity index (χ4n) is 1.76. The Morgan fingerprint density at radius 2 is 2.27 bits per heavy atom. The van der Waals surface area contributed by atoms with Crippen molar-refractivity contribution < 1.29 is 9.53 Å². The molecular formula is C12H21NO2. The second-order valence-electron chi connectivity index (χ2n) is 3.92. The molecule has 0 radical (unpaired) electrons. The molecule has 0 saturated carbocycles. The molecule has 0 aromatic heterocycles. The molecule has 3 heteroatoms. The van der Waals surface area contributed by atoms with Crippen LogP contribution in [0, 0.1) is 0 Å². The van der Waals surface area contributed by atoms with Crippen LogP contribution in [0.3, 0.4) is 0 Å². The Morgan fingerprint density at radius 3 is 3.00 bits per heavy atom. The summed E-state index contributed by atoms with van der Waals surface area (Å²) in [7, 11) is 0. The number of amides is 1. The molecule has 0 bridgehead atoms. The number of hydrogen-bond acceptors (Lipinski definition) is 2. The molecule has 0 heterocycles. The highest BCUT2D eigenvalue weighted by molar-refractivity contribution is 5.46. The van der Waals surface area contributed by atoms with E-state index in [1.54, 1.807) is 0 Å². The van der Waals surface area contributed by atoms with Crippen molar-refractivity contribution in [3.8, 4) is 0 Å². The minimum atomic E-state index is -0.159. The third-order valence-corrected chi connectivity index (χ3v) is 2.67. The third kappa shape index (κ3) is 4.86. The number of carbonyl (C=O) groups excluding carboxylic acids is 1. The fraction of sp³-hybridized carbons (Fsp3) is 0.750. The highest BCUT2D eigenvalue weighted by Gasteiger charge is 2.09. The van der Waals surface area contributed by atoms with Crippen LogP contribution in [0.5, 0.6) is 0 Å². The quantitative estimate of drug-likeness (QED) is 0.561. The van der Waals surface area contributed by atoms with Crippen molar-refractivity contribution in [3.05, 3.63) is 11.8 Å². The molecule has 15 heavy (non-hydrogen) atoms. The van der Waals surface area contributed by atoms with Gasteiger partial charge in [-0.05, 0) is 25.3 Å². The molecule has 86 valence electrons. The zero-order chi connectivity index (χ0) is 10.9. The normalized spacial score (nSPS) is 19.4. The van der Waals surface area contributed by atoms with Gasteiger partial charge in [-0.3, -0.25) is 4.79 Å². The molecule has 1 amide bonds. The zero-order valence-corrected chi connectivity index (χ0v) is 9.50. The standard InChI is InChI=1S/C12H21NO2/c1-2-12(13-10-14)15-11-8-6-4-3-5-7-9-11/h8,10,12H,2-7,9H2,1H3,(H,13,14). The number of nitrogens with one attached hydrogen (secondary N) is 1. The second kappa shape index (κ2) is 7.32.